The van der Waals surface area contributed by atoms with Crippen LogP contribution in [0, 0.1) is 0 Å². The van der Waals surface area contributed by atoms with E-state index in [1.54, 1.807) is 9.58 Å². The molecule has 0 radical (unpaired) electrons. The zero-order valence-corrected chi connectivity index (χ0v) is 18.3. The first-order valence-electron chi connectivity index (χ1n) is 10.3. The number of rotatable bonds is 7. The van der Waals surface area contributed by atoms with Gasteiger partial charge in [0, 0.05) is 13.1 Å². The van der Waals surface area contributed by atoms with Crippen molar-refractivity contribution in [1.82, 2.24) is 30.4 Å². The van der Waals surface area contributed by atoms with Gasteiger partial charge in [-0.05, 0) is 46.9 Å². The van der Waals surface area contributed by atoms with Crippen LogP contribution in [0.15, 0.2) is 60.9 Å². The number of halogens is 1. The van der Waals surface area contributed by atoms with Crippen molar-refractivity contribution in [3.8, 4) is 5.69 Å². The first kappa shape index (κ1) is 23.4. The number of hydrogen-bond acceptors (Lipinski definition) is 6. The largest absolute Gasteiger partial charge is 0.350 e. The molecule has 0 aliphatic carbocycles. The molecule has 1 aliphatic heterocycles. The van der Waals surface area contributed by atoms with Gasteiger partial charge in [0.05, 0.1) is 11.7 Å². The molecule has 1 aliphatic rings. The van der Waals surface area contributed by atoms with Gasteiger partial charge in [0.2, 0.25) is 11.8 Å². The number of amides is 2. The van der Waals surface area contributed by atoms with E-state index in [9.17, 15) is 9.59 Å². The Morgan fingerprint density at radius 1 is 1.12 bits per heavy atom. The third-order valence-electron chi connectivity index (χ3n) is 5.49. The molecule has 1 saturated heterocycles. The summed E-state index contributed by atoms with van der Waals surface area (Å²) < 4.78 is 1.55. The summed E-state index contributed by atoms with van der Waals surface area (Å²) in [5, 5.41) is 14.2. The minimum Gasteiger partial charge on any atom is -0.350 e. The number of para-hydroxylation sites is 1. The Balaban J connectivity index is 0.00000289. The molecule has 10 heteroatoms. The molecule has 9 nitrogen and oxygen atoms in total. The van der Waals surface area contributed by atoms with Gasteiger partial charge < -0.3 is 16.0 Å². The van der Waals surface area contributed by atoms with E-state index in [4.69, 9.17) is 5.73 Å². The predicted molar refractivity (Wildman–Crippen MR) is 121 cm³/mol. The molecule has 1 aromatic heterocycles. The van der Waals surface area contributed by atoms with Gasteiger partial charge in [0.1, 0.15) is 12.4 Å². The maximum absolute atomic E-state index is 12.9. The smallest absolute Gasteiger partial charge is 0.243 e. The minimum atomic E-state index is -0.670. The van der Waals surface area contributed by atoms with E-state index in [0.29, 0.717) is 25.9 Å². The SMILES string of the molecule is Cl.N[C@H](Cc1ccccc1)C(=O)N1CCC[C@H]1C(=O)NCc1ccccc1-n1cnnn1. The lowest BCUT2D eigenvalue weighted by Crippen LogP contribution is -2.51. The Morgan fingerprint density at radius 3 is 2.62 bits per heavy atom. The number of benzene rings is 2. The van der Waals surface area contributed by atoms with Gasteiger partial charge in [-0.15, -0.1) is 17.5 Å². The fourth-order valence-corrected chi connectivity index (χ4v) is 3.93. The van der Waals surface area contributed by atoms with Gasteiger partial charge in [-0.3, -0.25) is 9.59 Å². The van der Waals surface area contributed by atoms with E-state index in [-0.39, 0.29) is 24.2 Å². The third-order valence-corrected chi connectivity index (χ3v) is 5.49. The van der Waals surface area contributed by atoms with Crippen molar-refractivity contribution in [2.75, 3.05) is 6.54 Å². The predicted octanol–water partition coefficient (Wildman–Crippen LogP) is 1.26. The molecule has 2 atom stereocenters. The lowest BCUT2D eigenvalue weighted by atomic mass is 10.1. The van der Waals surface area contributed by atoms with Crippen LogP contribution in [-0.2, 0) is 22.6 Å². The lowest BCUT2D eigenvalue weighted by molar-refractivity contribution is -0.139. The van der Waals surface area contributed by atoms with Crippen LogP contribution in [0.4, 0.5) is 0 Å². The van der Waals surface area contributed by atoms with Crippen LogP contribution in [0.3, 0.4) is 0 Å². The molecular formula is C22H26ClN7O2. The Kier molecular flexibility index (Phi) is 7.91. The molecule has 168 valence electrons. The van der Waals surface area contributed by atoms with Gasteiger partial charge in [0.25, 0.3) is 0 Å². The highest BCUT2D eigenvalue weighted by Gasteiger charge is 2.36. The quantitative estimate of drug-likeness (QED) is 0.553. The second-order valence-corrected chi connectivity index (χ2v) is 7.59. The molecule has 1 fully saturated rings. The summed E-state index contributed by atoms with van der Waals surface area (Å²) in [7, 11) is 0. The monoisotopic (exact) mass is 455 g/mol. The molecule has 4 rings (SSSR count). The Bertz CT molecular complexity index is 1030. The minimum absolute atomic E-state index is 0. The molecule has 2 heterocycles. The van der Waals surface area contributed by atoms with Crippen molar-refractivity contribution in [2.24, 2.45) is 5.73 Å². The molecule has 3 aromatic rings. The molecular weight excluding hydrogens is 430 g/mol. The number of tetrazole rings is 1. The van der Waals surface area contributed by atoms with E-state index in [1.807, 2.05) is 54.6 Å². The van der Waals surface area contributed by atoms with Crippen molar-refractivity contribution < 1.29 is 9.59 Å². The average molecular weight is 456 g/mol. The summed E-state index contributed by atoms with van der Waals surface area (Å²) in [5.74, 6) is -0.361. The lowest BCUT2D eigenvalue weighted by Gasteiger charge is -2.27. The number of carbonyl (C=O) groups excluding carboxylic acids is 2. The van der Waals surface area contributed by atoms with Crippen molar-refractivity contribution in [2.45, 2.75) is 37.9 Å². The number of aromatic nitrogens is 4. The van der Waals surface area contributed by atoms with Gasteiger partial charge in [-0.1, -0.05) is 48.5 Å². The van der Waals surface area contributed by atoms with Gasteiger partial charge in [-0.2, -0.15) is 0 Å². The van der Waals surface area contributed by atoms with Crippen LogP contribution in [0.5, 0.6) is 0 Å². The number of nitrogens with one attached hydrogen (secondary N) is 1. The van der Waals surface area contributed by atoms with Crippen LogP contribution >= 0.6 is 12.4 Å². The van der Waals surface area contributed by atoms with Gasteiger partial charge >= 0.3 is 0 Å². The number of carbonyl (C=O) groups is 2. The molecule has 2 aromatic carbocycles. The summed E-state index contributed by atoms with van der Waals surface area (Å²) >= 11 is 0. The van der Waals surface area contributed by atoms with Crippen molar-refractivity contribution >= 4 is 24.2 Å². The highest BCUT2D eigenvalue weighted by molar-refractivity contribution is 5.90. The molecule has 0 bridgehead atoms. The van der Waals surface area contributed by atoms with Crippen LogP contribution in [0.1, 0.15) is 24.0 Å². The molecule has 0 unspecified atom stereocenters. The first-order valence-corrected chi connectivity index (χ1v) is 10.3. The highest BCUT2D eigenvalue weighted by atomic mass is 35.5. The zero-order chi connectivity index (χ0) is 21.6. The van der Waals surface area contributed by atoms with Crippen LogP contribution < -0.4 is 11.1 Å². The summed E-state index contributed by atoms with van der Waals surface area (Å²) in [4.78, 5) is 27.5. The summed E-state index contributed by atoms with van der Waals surface area (Å²) in [5.41, 5.74) is 8.85. The molecule has 0 saturated carbocycles. The number of hydrogen-bond donors (Lipinski definition) is 2. The first-order chi connectivity index (χ1) is 15.1. The molecule has 0 spiro atoms. The molecule has 2 amide bonds. The second kappa shape index (κ2) is 10.8. The van der Waals surface area contributed by atoms with Crippen LogP contribution in [0.2, 0.25) is 0 Å². The van der Waals surface area contributed by atoms with E-state index >= 15 is 0 Å². The maximum Gasteiger partial charge on any atom is 0.243 e. The second-order valence-electron chi connectivity index (χ2n) is 7.59. The fourth-order valence-electron chi connectivity index (χ4n) is 3.93. The van der Waals surface area contributed by atoms with E-state index in [0.717, 1.165) is 23.2 Å². The average Bonchev–Trinajstić information content (AvgIpc) is 3.50. The van der Waals surface area contributed by atoms with Crippen molar-refractivity contribution in [3.63, 3.8) is 0 Å². The Labute approximate surface area is 192 Å². The van der Waals surface area contributed by atoms with Crippen LogP contribution in [-0.4, -0.2) is 55.5 Å². The van der Waals surface area contributed by atoms with E-state index in [2.05, 4.69) is 20.8 Å². The van der Waals surface area contributed by atoms with Gasteiger partial charge in [0.15, 0.2) is 0 Å². The summed E-state index contributed by atoms with van der Waals surface area (Å²) in [6.07, 6.45) is 3.36. The fraction of sp³-hybridized carbons (Fsp3) is 0.318. The molecule has 3 N–H and O–H groups in total. The van der Waals surface area contributed by atoms with E-state index in [1.165, 1.54) is 6.33 Å². The third kappa shape index (κ3) is 5.30. The topological polar surface area (TPSA) is 119 Å². The summed E-state index contributed by atoms with van der Waals surface area (Å²) in [6.45, 7) is 0.851. The molecule has 32 heavy (non-hydrogen) atoms. The van der Waals surface area contributed by atoms with Crippen LogP contribution in [0.25, 0.3) is 5.69 Å². The standard InChI is InChI=1S/C22H25N7O2.ClH/c23-18(13-16-7-2-1-3-8-16)22(31)28-12-6-11-20(28)21(30)24-14-17-9-4-5-10-19(17)29-15-25-26-27-29;/h1-5,7-10,15,18,20H,6,11-14,23H2,(H,24,30);1H/t18-,20+;/m1./s1. The highest BCUT2D eigenvalue weighted by Crippen LogP contribution is 2.20. The van der Waals surface area contributed by atoms with Gasteiger partial charge in [-0.25, -0.2) is 4.68 Å². The normalized spacial score (nSPS) is 16.3. The Hall–Kier alpha value is -3.30. The van der Waals surface area contributed by atoms with Crippen molar-refractivity contribution in [1.29, 1.82) is 0 Å². The number of nitrogens with two attached hydrogens (primary N) is 1. The van der Waals surface area contributed by atoms with Crippen molar-refractivity contribution in [3.05, 3.63) is 72.1 Å². The van der Waals surface area contributed by atoms with E-state index < -0.39 is 12.1 Å². The number of likely N-dealkylation sites (tertiary alicyclic amines) is 1. The maximum atomic E-state index is 12.9. The summed E-state index contributed by atoms with van der Waals surface area (Å²) in [6, 6.07) is 16.1. The zero-order valence-electron chi connectivity index (χ0n) is 17.5. The Morgan fingerprint density at radius 2 is 1.88 bits per heavy atom. The number of nitrogens with zero attached hydrogens (tertiary/aromatic N) is 5.